The average molecular weight is 421 g/mol. The lowest BCUT2D eigenvalue weighted by Crippen LogP contribution is -2.47. The van der Waals surface area contributed by atoms with Crippen molar-refractivity contribution in [1.82, 2.24) is 4.90 Å². The van der Waals surface area contributed by atoms with E-state index in [0.717, 1.165) is 43.8 Å². The predicted octanol–water partition coefficient (Wildman–Crippen LogP) is 4.08. The van der Waals surface area contributed by atoms with Crippen LogP contribution in [0.2, 0.25) is 0 Å². The van der Waals surface area contributed by atoms with Crippen molar-refractivity contribution < 1.29 is 23.8 Å². The molecule has 0 aromatic carbocycles. The zero-order valence-electron chi connectivity index (χ0n) is 18.5. The predicted molar refractivity (Wildman–Crippen MR) is 113 cm³/mol. The van der Waals surface area contributed by atoms with E-state index in [4.69, 9.17) is 14.2 Å². The zero-order chi connectivity index (χ0) is 21.1. The Labute approximate surface area is 181 Å². The van der Waals surface area contributed by atoms with Crippen LogP contribution in [0.15, 0.2) is 0 Å². The minimum atomic E-state index is -0.654. The number of carbonyl (C=O) groups is 2. The van der Waals surface area contributed by atoms with Crippen molar-refractivity contribution >= 4 is 12.1 Å². The van der Waals surface area contributed by atoms with E-state index < -0.39 is 6.16 Å². The average Bonchev–Trinajstić information content (AvgIpc) is 3.16. The molecule has 4 bridgehead atoms. The summed E-state index contributed by atoms with van der Waals surface area (Å²) >= 11 is 0. The van der Waals surface area contributed by atoms with Crippen molar-refractivity contribution in [3.63, 3.8) is 0 Å². The van der Waals surface area contributed by atoms with Crippen LogP contribution < -0.4 is 0 Å². The summed E-state index contributed by atoms with van der Waals surface area (Å²) in [5.41, 5.74) is 0.191. The lowest BCUT2D eigenvalue weighted by atomic mass is 9.49. The second kappa shape index (κ2) is 9.46. The van der Waals surface area contributed by atoms with Crippen LogP contribution in [0.25, 0.3) is 0 Å². The third-order valence-electron chi connectivity index (χ3n) is 7.86. The Bertz CT molecular complexity index is 585. The van der Waals surface area contributed by atoms with Gasteiger partial charge in [0.15, 0.2) is 0 Å². The number of nitrogens with zero attached hydrogens (tertiary/aromatic N) is 1. The third-order valence-corrected chi connectivity index (χ3v) is 7.86. The van der Waals surface area contributed by atoms with Crippen LogP contribution in [-0.4, -0.2) is 56.5 Å². The van der Waals surface area contributed by atoms with Gasteiger partial charge in [-0.2, -0.15) is 0 Å². The summed E-state index contributed by atoms with van der Waals surface area (Å²) in [6.07, 6.45) is 8.68. The standard InChI is InChI=1S/C24H38NO5/c1-3-25-5-4-18(13-25)16-30-23(27)29-15-17(2)14-28-22(26)12-24-9-19-6-20(10-24)8-21(7-19)11-24/h17-21H,2-16H2,1H3. The molecule has 6 nitrogen and oxygen atoms in total. The van der Waals surface area contributed by atoms with Crippen molar-refractivity contribution in [1.29, 1.82) is 0 Å². The molecule has 0 aromatic rings. The number of carbonyl (C=O) groups excluding carboxylic acids is 2. The molecule has 4 saturated carbocycles. The van der Waals surface area contributed by atoms with E-state index in [2.05, 4.69) is 18.7 Å². The summed E-state index contributed by atoms with van der Waals surface area (Å²) in [7, 11) is 0. The van der Waals surface area contributed by atoms with Gasteiger partial charge >= 0.3 is 12.1 Å². The quantitative estimate of drug-likeness (QED) is 0.524. The Morgan fingerprint density at radius 1 is 1.03 bits per heavy atom. The highest BCUT2D eigenvalue weighted by Crippen LogP contribution is 2.61. The number of ether oxygens (including phenoxy) is 3. The molecule has 5 rings (SSSR count). The second-order valence-electron chi connectivity index (χ2n) is 10.6. The van der Waals surface area contributed by atoms with Crippen molar-refractivity contribution in [2.24, 2.45) is 35.0 Å². The summed E-state index contributed by atoms with van der Waals surface area (Å²) in [4.78, 5) is 26.7. The van der Waals surface area contributed by atoms with E-state index in [1.807, 2.05) is 0 Å². The molecule has 6 heteroatoms. The van der Waals surface area contributed by atoms with Gasteiger partial charge < -0.3 is 19.1 Å². The molecular weight excluding hydrogens is 382 g/mol. The van der Waals surface area contributed by atoms with E-state index >= 15 is 0 Å². The molecule has 2 unspecified atom stereocenters. The zero-order valence-corrected chi connectivity index (χ0v) is 18.5. The highest BCUT2D eigenvalue weighted by molar-refractivity contribution is 5.70. The Kier molecular flexibility index (Phi) is 6.91. The number of rotatable bonds is 9. The van der Waals surface area contributed by atoms with Gasteiger partial charge in [-0.3, -0.25) is 4.79 Å². The highest BCUT2D eigenvalue weighted by Gasteiger charge is 2.51. The monoisotopic (exact) mass is 420 g/mol. The van der Waals surface area contributed by atoms with Crippen LogP contribution in [0.5, 0.6) is 0 Å². The molecule has 0 amide bonds. The van der Waals surface area contributed by atoms with Crippen LogP contribution in [0.1, 0.15) is 58.3 Å². The highest BCUT2D eigenvalue weighted by atomic mass is 16.7. The Morgan fingerprint density at radius 3 is 2.27 bits per heavy atom. The molecule has 5 aliphatic rings. The Balaban J connectivity index is 1.09. The molecule has 2 atom stereocenters. The summed E-state index contributed by atoms with van der Waals surface area (Å²) in [5, 5.41) is 0. The summed E-state index contributed by atoms with van der Waals surface area (Å²) in [5.74, 6) is 2.49. The molecular formula is C24H38NO5. The van der Waals surface area contributed by atoms with Gasteiger partial charge in [0.2, 0.25) is 0 Å². The molecule has 4 aliphatic carbocycles. The lowest BCUT2D eigenvalue weighted by Gasteiger charge is -2.56. The van der Waals surface area contributed by atoms with Gasteiger partial charge in [-0.05, 0) is 88.1 Å². The first-order chi connectivity index (χ1) is 14.4. The van der Waals surface area contributed by atoms with Gasteiger partial charge in [-0.1, -0.05) is 6.92 Å². The molecule has 30 heavy (non-hydrogen) atoms. The van der Waals surface area contributed by atoms with Crippen molar-refractivity contribution in [2.45, 2.75) is 58.3 Å². The molecule has 0 aromatic heterocycles. The maximum atomic E-state index is 12.5. The van der Waals surface area contributed by atoms with Gasteiger partial charge in [-0.15, -0.1) is 0 Å². The maximum Gasteiger partial charge on any atom is 0.508 e. The lowest BCUT2D eigenvalue weighted by molar-refractivity contribution is -0.153. The Hall–Kier alpha value is -1.30. The SMILES string of the molecule is [CH2]C(COC(=O)CC12CC3CC(CC(C3)C1)C2)COC(=O)OCC1CCN(CC)C1. The molecule has 1 saturated heterocycles. The van der Waals surface area contributed by atoms with Gasteiger partial charge in [-0.25, -0.2) is 4.79 Å². The minimum absolute atomic E-state index is 0.106. The summed E-state index contributed by atoms with van der Waals surface area (Å²) in [6, 6.07) is 0. The van der Waals surface area contributed by atoms with Gasteiger partial charge in [0.25, 0.3) is 0 Å². The van der Waals surface area contributed by atoms with E-state index in [9.17, 15) is 9.59 Å². The first-order valence-electron chi connectivity index (χ1n) is 11.9. The fraction of sp³-hybridized carbons (Fsp3) is 0.875. The van der Waals surface area contributed by atoms with E-state index in [0.29, 0.717) is 18.9 Å². The second-order valence-corrected chi connectivity index (χ2v) is 10.6. The number of likely N-dealkylation sites (tertiary alicyclic amines) is 1. The molecule has 1 aliphatic heterocycles. The van der Waals surface area contributed by atoms with Crippen molar-refractivity contribution in [3.8, 4) is 0 Å². The normalized spacial score (nSPS) is 35.9. The van der Waals surface area contributed by atoms with Crippen molar-refractivity contribution in [3.05, 3.63) is 6.92 Å². The third kappa shape index (κ3) is 5.49. The fourth-order valence-electron chi connectivity index (χ4n) is 6.87. The van der Waals surface area contributed by atoms with E-state index in [1.165, 1.54) is 38.5 Å². The van der Waals surface area contributed by atoms with E-state index in [1.54, 1.807) is 0 Å². The van der Waals surface area contributed by atoms with Crippen LogP contribution in [-0.2, 0) is 19.0 Å². The topological polar surface area (TPSA) is 65.1 Å². The van der Waals surface area contributed by atoms with E-state index in [-0.39, 0.29) is 30.5 Å². The first-order valence-corrected chi connectivity index (χ1v) is 11.9. The number of esters is 1. The molecule has 5 fully saturated rings. The van der Waals surface area contributed by atoms with Crippen LogP contribution in [0.3, 0.4) is 0 Å². The Morgan fingerprint density at radius 2 is 1.67 bits per heavy atom. The van der Waals surface area contributed by atoms with Gasteiger partial charge in [0, 0.05) is 18.4 Å². The summed E-state index contributed by atoms with van der Waals surface area (Å²) in [6.45, 7) is 9.86. The first kappa shape index (κ1) is 21.9. The maximum absolute atomic E-state index is 12.5. The van der Waals surface area contributed by atoms with Gasteiger partial charge in [0.1, 0.15) is 6.61 Å². The molecule has 0 N–H and O–H groups in total. The fourth-order valence-corrected chi connectivity index (χ4v) is 6.87. The largest absolute Gasteiger partial charge is 0.508 e. The number of hydrogen-bond acceptors (Lipinski definition) is 6. The number of hydrogen-bond donors (Lipinski definition) is 0. The van der Waals surface area contributed by atoms with Crippen LogP contribution in [0, 0.1) is 41.9 Å². The molecule has 1 radical (unpaired) electrons. The van der Waals surface area contributed by atoms with Gasteiger partial charge in [0.05, 0.1) is 19.6 Å². The summed E-state index contributed by atoms with van der Waals surface area (Å²) < 4.78 is 15.9. The molecule has 169 valence electrons. The smallest absolute Gasteiger partial charge is 0.465 e. The van der Waals surface area contributed by atoms with Crippen LogP contribution in [0.4, 0.5) is 4.79 Å². The molecule has 1 heterocycles. The van der Waals surface area contributed by atoms with Crippen molar-refractivity contribution in [2.75, 3.05) is 39.5 Å². The van der Waals surface area contributed by atoms with Crippen LogP contribution >= 0.6 is 0 Å². The minimum Gasteiger partial charge on any atom is -0.465 e. The molecule has 0 spiro atoms.